The van der Waals surface area contributed by atoms with E-state index in [1.165, 1.54) is 6.07 Å². The van der Waals surface area contributed by atoms with E-state index in [2.05, 4.69) is 0 Å². The molecule has 0 aliphatic carbocycles. The fourth-order valence-electron chi connectivity index (χ4n) is 1.42. The molecule has 0 aliphatic rings. The average molecular weight is 231 g/mol. The normalized spacial score (nSPS) is 11.0. The zero-order valence-electron chi connectivity index (χ0n) is 8.21. The fourth-order valence-corrected chi connectivity index (χ4v) is 2.13. The van der Waals surface area contributed by atoms with E-state index in [-0.39, 0.29) is 34.5 Å². The van der Waals surface area contributed by atoms with E-state index in [0.717, 1.165) is 5.39 Å². The van der Waals surface area contributed by atoms with Crippen LogP contribution in [0, 0.1) is 0 Å². The Morgan fingerprint density at radius 3 is 2.20 bits per heavy atom. The minimum Gasteiger partial charge on any atom is -0.282 e. The van der Waals surface area contributed by atoms with Gasteiger partial charge in [-0.1, -0.05) is 36.4 Å². The molecule has 0 aliphatic heterocycles. The van der Waals surface area contributed by atoms with Gasteiger partial charge in [-0.05, 0) is 11.5 Å². The van der Waals surface area contributed by atoms with Crippen molar-refractivity contribution in [1.29, 1.82) is 0 Å². The molecular weight excluding hydrogens is 223 g/mol. The summed E-state index contributed by atoms with van der Waals surface area (Å²) in [6, 6.07) is 11.8. The second-order valence-corrected chi connectivity index (χ2v) is 4.34. The average Bonchev–Trinajstić information content (AvgIpc) is 2.15. The van der Waals surface area contributed by atoms with E-state index in [1.54, 1.807) is 30.3 Å². The van der Waals surface area contributed by atoms with E-state index in [9.17, 15) is 8.42 Å². The van der Waals surface area contributed by atoms with Gasteiger partial charge in [0, 0.05) is 5.39 Å². The maximum atomic E-state index is 11.0. The summed E-state index contributed by atoms with van der Waals surface area (Å²) >= 11 is 0. The topological polar surface area (TPSA) is 54.4 Å². The van der Waals surface area contributed by atoms with Gasteiger partial charge >= 0.3 is 29.6 Å². The zero-order valence-corrected chi connectivity index (χ0v) is 11.0. The van der Waals surface area contributed by atoms with Crippen molar-refractivity contribution in [1.82, 2.24) is 0 Å². The van der Waals surface area contributed by atoms with E-state index < -0.39 is 10.1 Å². The molecule has 0 saturated heterocycles. The molecule has 2 aromatic rings. The Kier molecular flexibility index (Phi) is 3.92. The van der Waals surface area contributed by atoms with Crippen LogP contribution in [0.15, 0.2) is 47.4 Å². The molecule has 0 heterocycles. The summed E-state index contributed by atoms with van der Waals surface area (Å²) in [5, 5.41) is 1.33. The third-order valence-corrected chi connectivity index (χ3v) is 2.94. The summed E-state index contributed by atoms with van der Waals surface area (Å²) in [6.45, 7) is 0. The van der Waals surface area contributed by atoms with Gasteiger partial charge in [0.25, 0.3) is 10.1 Å². The van der Waals surface area contributed by atoms with Crippen molar-refractivity contribution in [2.45, 2.75) is 4.90 Å². The van der Waals surface area contributed by atoms with Crippen molar-refractivity contribution in [3.63, 3.8) is 0 Å². The summed E-state index contributed by atoms with van der Waals surface area (Å²) in [5.74, 6) is 0. The van der Waals surface area contributed by atoms with Crippen molar-refractivity contribution < 1.29 is 42.5 Å². The first-order chi connectivity index (χ1) is 6.59. The van der Waals surface area contributed by atoms with Crippen LogP contribution in [-0.2, 0) is 10.1 Å². The molecule has 0 atom stereocenters. The first-order valence-corrected chi connectivity index (χ1v) is 5.48. The molecule has 2 rings (SSSR count). The predicted molar refractivity (Wildman–Crippen MR) is 53.8 cm³/mol. The molecule has 15 heavy (non-hydrogen) atoms. The second kappa shape index (κ2) is 4.63. The van der Waals surface area contributed by atoms with Crippen LogP contribution in [0.3, 0.4) is 0 Å². The van der Waals surface area contributed by atoms with Crippen molar-refractivity contribution in [2.24, 2.45) is 0 Å². The maximum Gasteiger partial charge on any atom is 1.00 e. The SMILES string of the molecule is O=S(=O)(O)c1cccc2ccccc12.[Na+]. The van der Waals surface area contributed by atoms with Crippen LogP contribution in [0.5, 0.6) is 0 Å². The van der Waals surface area contributed by atoms with Crippen LogP contribution in [0.2, 0.25) is 0 Å². The molecule has 72 valence electrons. The third-order valence-electron chi connectivity index (χ3n) is 2.03. The van der Waals surface area contributed by atoms with Crippen LogP contribution >= 0.6 is 0 Å². The molecule has 1 N–H and O–H groups in total. The van der Waals surface area contributed by atoms with Crippen LogP contribution in [0.4, 0.5) is 0 Å². The Morgan fingerprint density at radius 2 is 1.53 bits per heavy atom. The van der Waals surface area contributed by atoms with Gasteiger partial charge in [-0.2, -0.15) is 8.42 Å². The van der Waals surface area contributed by atoms with E-state index in [1.807, 2.05) is 6.07 Å². The van der Waals surface area contributed by atoms with Crippen molar-refractivity contribution in [2.75, 3.05) is 0 Å². The Morgan fingerprint density at radius 1 is 0.933 bits per heavy atom. The monoisotopic (exact) mass is 231 g/mol. The standard InChI is InChI=1S/C10H8O3S.Na/c11-14(12,13)10-7-3-5-8-4-1-2-6-9(8)10;/h1-7H,(H,11,12,13);/q;+1. The third kappa shape index (κ3) is 2.59. The first-order valence-electron chi connectivity index (χ1n) is 4.04. The molecule has 0 fully saturated rings. The molecule has 5 heteroatoms. The summed E-state index contributed by atoms with van der Waals surface area (Å²) < 4.78 is 31.0. The number of benzene rings is 2. The Bertz CT molecular complexity index is 573. The molecule has 0 saturated carbocycles. The van der Waals surface area contributed by atoms with E-state index in [4.69, 9.17) is 4.55 Å². The van der Waals surface area contributed by atoms with Crippen LogP contribution in [0.1, 0.15) is 0 Å². The van der Waals surface area contributed by atoms with Gasteiger partial charge in [0.15, 0.2) is 0 Å². The summed E-state index contributed by atoms with van der Waals surface area (Å²) in [4.78, 5) is -0.0457. The molecular formula is C10H8NaO3S+. The largest absolute Gasteiger partial charge is 1.00 e. The second-order valence-electron chi connectivity index (χ2n) is 2.95. The number of fused-ring (bicyclic) bond motifs is 1. The van der Waals surface area contributed by atoms with Gasteiger partial charge in [0.1, 0.15) is 4.90 Å². The number of hydrogen-bond donors (Lipinski definition) is 1. The van der Waals surface area contributed by atoms with Gasteiger partial charge in [-0.15, -0.1) is 0 Å². The smallest absolute Gasteiger partial charge is 0.282 e. The Balaban J connectivity index is 0.00000112. The summed E-state index contributed by atoms with van der Waals surface area (Å²) in [5.41, 5.74) is 0. The molecule has 0 radical (unpaired) electrons. The Hall–Kier alpha value is -0.390. The molecule has 0 bridgehead atoms. The van der Waals surface area contributed by atoms with Crippen LogP contribution < -0.4 is 29.6 Å². The van der Waals surface area contributed by atoms with Gasteiger partial charge in [0.05, 0.1) is 0 Å². The predicted octanol–water partition coefficient (Wildman–Crippen LogP) is -0.909. The fraction of sp³-hybridized carbons (Fsp3) is 0. The van der Waals surface area contributed by atoms with Crippen molar-refractivity contribution in [3.05, 3.63) is 42.5 Å². The first kappa shape index (κ1) is 12.7. The molecule has 0 amide bonds. The van der Waals surface area contributed by atoms with Gasteiger partial charge in [-0.3, -0.25) is 4.55 Å². The van der Waals surface area contributed by atoms with E-state index >= 15 is 0 Å². The van der Waals surface area contributed by atoms with Crippen molar-refractivity contribution in [3.8, 4) is 0 Å². The van der Waals surface area contributed by atoms with Gasteiger partial charge < -0.3 is 0 Å². The maximum absolute atomic E-state index is 11.0. The molecule has 0 unspecified atom stereocenters. The minimum atomic E-state index is -4.13. The quantitative estimate of drug-likeness (QED) is 0.510. The Labute approximate surface area is 110 Å². The summed E-state index contributed by atoms with van der Waals surface area (Å²) in [7, 11) is -4.13. The summed E-state index contributed by atoms with van der Waals surface area (Å²) in [6.07, 6.45) is 0. The number of rotatable bonds is 1. The zero-order chi connectivity index (χ0) is 10.2. The molecule has 3 nitrogen and oxygen atoms in total. The molecule has 0 aromatic heterocycles. The minimum absolute atomic E-state index is 0. The molecule has 0 spiro atoms. The van der Waals surface area contributed by atoms with E-state index in [0.29, 0.717) is 5.39 Å². The van der Waals surface area contributed by atoms with Crippen LogP contribution in [-0.4, -0.2) is 13.0 Å². The van der Waals surface area contributed by atoms with Gasteiger partial charge in [-0.25, -0.2) is 0 Å². The molecule has 2 aromatic carbocycles. The van der Waals surface area contributed by atoms with Crippen molar-refractivity contribution >= 4 is 20.9 Å². The number of hydrogen-bond acceptors (Lipinski definition) is 2. The van der Waals surface area contributed by atoms with Gasteiger partial charge in [0.2, 0.25) is 0 Å². The van der Waals surface area contributed by atoms with Crippen LogP contribution in [0.25, 0.3) is 10.8 Å².